The maximum absolute atomic E-state index is 13.7. The van der Waals surface area contributed by atoms with Gasteiger partial charge in [0.1, 0.15) is 17.1 Å². The van der Waals surface area contributed by atoms with E-state index in [9.17, 15) is 9.59 Å². The van der Waals surface area contributed by atoms with Gasteiger partial charge in [-0.3, -0.25) is 14.4 Å². The number of para-hydroxylation sites is 1. The fraction of sp³-hybridized carbons (Fsp3) is 0.389. The van der Waals surface area contributed by atoms with Gasteiger partial charge in [0, 0.05) is 63.5 Å². The fourth-order valence-corrected chi connectivity index (χ4v) is 6.94. The molecule has 1 aliphatic heterocycles. The number of amides is 2. The maximum Gasteiger partial charge on any atom is 0.290 e. The molecule has 13 nitrogen and oxygen atoms in total. The van der Waals surface area contributed by atoms with Gasteiger partial charge in [-0.2, -0.15) is 0 Å². The number of aromatic nitrogens is 4. The number of aryl methyl sites for hydroxylation is 3. The first-order valence-corrected chi connectivity index (χ1v) is 17.4. The van der Waals surface area contributed by atoms with E-state index in [4.69, 9.17) is 28.9 Å². The van der Waals surface area contributed by atoms with E-state index >= 15 is 0 Å². The summed E-state index contributed by atoms with van der Waals surface area (Å²) in [5, 5.41) is 11.9. The predicted molar refractivity (Wildman–Crippen MR) is 189 cm³/mol. The molecule has 0 fully saturated rings. The zero-order valence-corrected chi connectivity index (χ0v) is 29.4. The van der Waals surface area contributed by atoms with Gasteiger partial charge in [0.2, 0.25) is 5.91 Å². The van der Waals surface area contributed by atoms with Gasteiger partial charge in [-0.15, -0.1) is 11.3 Å². The Balaban J connectivity index is 0.00000156. The first-order valence-electron chi connectivity index (χ1n) is 16.6. The van der Waals surface area contributed by atoms with Gasteiger partial charge >= 0.3 is 0 Å². The number of carbonyl (C=O) groups excluding carboxylic acids is 2. The highest BCUT2D eigenvalue weighted by Crippen LogP contribution is 2.32. The van der Waals surface area contributed by atoms with Crippen LogP contribution in [0.4, 0.5) is 0 Å². The minimum atomic E-state index is -0.250. The lowest BCUT2D eigenvalue weighted by atomic mass is 10.1. The molecule has 2 bridgehead atoms. The van der Waals surface area contributed by atoms with Crippen molar-refractivity contribution in [3.8, 4) is 22.9 Å². The van der Waals surface area contributed by atoms with E-state index < -0.39 is 0 Å². The van der Waals surface area contributed by atoms with Crippen molar-refractivity contribution >= 4 is 39.8 Å². The first kappa shape index (κ1) is 36.1. The summed E-state index contributed by atoms with van der Waals surface area (Å²) in [5.41, 5.74) is 2.94. The number of benzene rings is 2. The van der Waals surface area contributed by atoms with Crippen molar-refractivity contribution < 1.29 is 33.5 Å². The van der Waals surface area contributed by atoms with Crippen LogP contribution >= 0.6 is 11.3 Å². The van der Waals surface area contributed by atoms with Crippen LogP contribution in [0.15, 0.2) is 59.4 Å². The number of nitrogens with zero attached hydrogens (tertiary/aromatic N) is 6. The molecule has 2 aromatic carbocycles. The van der Waals surface area contributed by atoms with Gasteiger partial charge in [0.15, 0.2) is 11.5 Å². The lowest BCUT2D eigenvalue weighted by molar-refractivity contribution is -0.131. The zero-order chi connectivity index (χ0) is 35.5. The summed E-state index contributed by atoms with van der Waals surface area (Å²) >= 11 is 1.64. The van der Waals surface area contributed by atoms with Crippen LogP contribution < -0.4 is 9.47 Å². The van der Waals surface area contributed by atoms with Crippen molar-refractivity contribution in [2.75, 3.05) is 39.9 Å². The number of rotatable bonds is 5. The van der Waals surface area contributed by atoms with E-state index in [2.05, 4.69) is 20.8 Å². The molecule has 0 unspecified atom stereocenters. The third-order valence-corrected chi connectivity index (χ3v) is 9.56. The van der Waals surface area contributed by atoms with Crippen LogP contribution in [0.25, 0.3) is 21.6 Å². The van der Waals surface area contributed by atoms with Crippen LogP contribution in [0, 0.1) is 13.8 Å². The average Bonchev–Trinajstić information content (AvgIpc) is 3.85. The molecule has 1 aliphatic rings. The molecule has 0 saturated heterocycles. The van der Waals surface area contributed by atoms with Gasteiger partial charge in [0.05, 0.1) is 34.6 Å². The normalized spacial score (nSPS) is 14.1. The van der Waals surface area contributed by atoms with Crippen molar-refractivity contribution in [1.29, 1.82) is 0 Å². The second-order valence-corrected chi connectivity index (χ2v) is 12.9. The fourth-order valence-electron chi connectivity index (χ4n) is 5.97. The van der Waals surface area contributed by atoms with E-state index in [1.807, 2.05) is 52.4 Å². The minimum absolute atomic E-state index is 0.0904. The number of ether oxygens (including phenoxy) is 2. The van der Waals surface area contributed by atoms with E-state index in [1.54, 1.807) is 38.5 Å². The summed E-state index contributed by atoms with van der Waals surface area (Å²) < 4.78 is 20.3. The van der Waals surface area contributed by atoms with E-state index in [1.165, 1.54) is 0 Å². The molecular formula is C36H42N6O7S. The number of hydrogen-bond acceptors (Lipinski definition) is 10. The van der Waals surface area contributed by atoms with Crippen molar-refractivity contribution in [2.45, 2.75) is 52.5 Å². The molecule has 2 amide bonds. The molecule has 3 aromatic heterocycles. The summed E-state index contributed by atoms with van der Waals surface area (Å²) in [5.74, 6) is 2.52. The van der Waals surface area contributed by atoms with Crippen LogP contribution in [0.5, 0.6) is 11.5 Å². The summed E-state index contributed by atoms with van der Waals surface area (Å²) in [6.07, 6.45) is 6.81. The summed E-state index contributed by atoms with van der Waals surface area (Å²) in [6.45, 7) is 6.44. The molecule has 6 rings (SSSR count). The Kier molecular flexibility index (Phi) is 12.6. The van der Waals surface area contributed by atoms with E-state index in [0.717, 1.165) is 39.5 Å². The topological polar surface area (TPSA) is 153 Å². The van der Waals surface area contributed by atoms with Gasteiger partial charge < -0.3 is 33.5 Å². The first-order chi connectivity index (χ1) is 24.3. The molecule has 0 radical (unpaired) electrons. The second-order valence-electron chi connectivity index (χ2n) is 11.8. The van der Waals surface area contributed by atoms with Gasteiger partial charge in [0.25, 0.3) is 12.4 Å². The molecular weight excluding hydrogens is 660 g/mol. The lowest BCUT2D eigenvalue weighted by Crippen LogP contribution is -2.36. The highest BCUT2D eigenvalue weighted by atomic mass is 32.1. The number of hydrogen-bond donors (Lipinski definition) is 1. The molecule has 1 N–H and O–H groups in total. The SMILES string of the molecule is COc1ccc2cc1OCCCN(C(=O)c1c(C)noc1C)CCCCN(C(=O)CCc1nc3ccccc3s1)CCn1ccnc1-2.O=CO. The van der Waals surface area contributed by atoms with Crippen molar-refractivity contribution in [3.63, 3.8) is 0 Å². The van der Waals surface area contributed by atoms with Gasteiger partial charge in [-0.05, 0) is 63.4 Å². The van der Waals surface area contributed by atoms with Crippen molar-refractivity contribution in [3.05, 3.63) is 76.9 Å². The van der Waals surface area contributed by atoms with E-state index in [-0.39, 0.29) is 18.3 Å². The molecule has 0 saturated carbocycles. The number of methoxy groups -OCH3 is 1. The Morgan fingerprint density at radius 3 is 2.52 bits per heavy atom. The number of imidazole rings is 1. The zero-order valence-electron chi connectivity index (χ0n) is 28.5. The number of carboxylic acid groups (broad SMARTS) is 1. The average molecular weight is 703 g/mol. The van der Waals surface area contributed by atoms with Gasteiger partial charge in [-0.1, -0.05) is 17.3 Å². The number of carbonyl (C=O) groups is 3. The Morgan fingerprint density at radius 2 is 1.78 bits per heavy atom. The predicted octanol–water partition coefficient (Wildman–Crippen LogP) is 5.64. The highest BCUT2D eigenvalue weighted by molar-refractivity contribution is 7.18. The molecule has 264 valence electrons. The van der Waals surface area contributed by atoms with Crippen molar-refractivity contribution in [2.24, 2.45) is 0 Å². The summed E-state index contributed by atoms with van der Waals surface area (Å²) in [7, 11) is 1.62. The lowest BCUT2D eigenvalue weighted by Gasteiger charge is -2.25. The third kappa shape index (κ3) is 8.86. The Hall–Kier alpha value is -5.24. The molecule has 5 aromatic rings. The Bertz CT molecular complexity index is 1850. The van der Waals surface area contributed by atoms with Gasteiger partial charge in [-0.25, -0.2) is 9.97 Å². The molecule has 50 heavy (non-hydrogen) atoms. The molecule has 0 atom stereocenters. The Labute approximate surface area is 294 Å². The molecule has 4 heterocycles. The number of fused-ring (bicyclic) bond motifs is 5. The van der Waals surface area contributed by atoms with Crippen LogP contribution in [-0.2, 0) is 22.6 Å². The van der Waals surface area contributed by atoms with Crippen LogP contribution in [0.2, 0.25) is 0 Å². The highest BCUT2D eigenvalue weighted by Gasteiger charge is 2.24. The molecule has 14 heteroatoms. The monoisotopic (exact) mass is 702 g/mol. The van der Waals surface area contributed by atoms with Crippen LogP contribution in [0.1, 0.15) is 52.5 Å². The van der Waals surface area contributed by atoms with Crippen LogP contribution in [0.3, 0.4) is 0 Å². The van der Waals surface area contributed by atoms with Crippen LogP contribution in [-0.4, -0.2) is 92.8 Å². The molecule has 0 aliphatic carbocycles. The molecule has 0 spiro atoms. The third-order valence-electron chi connectivity index (χ3n) is 8.46. The minimum Gasteiger partial charge on any atom is -0.493 e. The maximum atomic E-state index is 13.7. The summed E-state index contributed by atoms with van der Waals surface area (Å²) in [4.78, 5) is 48.9. The standard InChI is InChI=1S/C35H40N6O5S.CH2O2/c1-24-33(25(2)46-38-24)35(43)41-17-7-6-16-39(32(42)14-13-31-37-27-9-4-5-10-30(27)47-31)20-21-40-19-15-36-34(40)26-11-12-28(44-3)29(23-26)45-22-8-18-41;2-1-3/h4-5,9-12,15,19,23H,6-8,13-14,16-18,20-22H2,1-3H3;1H,(H,2,3). The largest absolute Gasteiger partial charge is 0.493 e. The smallest absolute Gasteiger partial charge is 0.290 e. The van der Waals surface area contributed by atoms with E-state index in [0.29, 0.717) is 87.1 Å². The number of thiazole rings is 1. The summed E-state index contributed by atoms with van der Waals surface area (Å²) in [6, 6.07) is 13.8. The quantitative estimate of drug-likeness (QED) is 0.228. The Morgan fingerprint density at radius 1 is 1.02 bits per heavy atom. The second kappa shape index (κ2) is 17.4. The van der Waals surface area contributed by atoms with Crippen molar-refractivity contribution in [1.82, 2.24) is 29.5 Å².